The fourth-order valence-corrected chi connectivity index (χ4v) is 4.88. The van der Waals surface area contributed by atoms with Gasteiger partial charge < -0.3 is 5.32 Å². The highest BCUT2D eigenvalue weighted by atomic mass is 15.0. The summed E-state index contributed by atoms with van der Waals surface area (Å²) in [7, 11) is 0. The molecule has 0 radical (unpaired) electrons. The van der Waals surface area contributed by atoms with E-state index in [1.165, 1.54) is 64.3 Å². The van der Waals surface area contributed by atoms with E-state index in [0.29, 0.717) is 5.54 Å². The Morgan fingerprint density at radius 1 is 0.941 bits per heavy atom. The molecule has 3 saturated carbocycles. The van der Waals surface area contributed by atoms with Crippen LogP contribution in [0.3, 0.4) is 0 Å². The minimum absolute atomic E-state index is 0.483. The van der Waals surface area contributed by atoms with Crippen LogP contribution in [0.15, 0.2) is 0 Å². The van der Waals surface area contributed by atoms with Crippen molar-refractivity contribution in [3.05, 3.63) is 0 Å². The lowest BCUT2D eigenvalue weighted by atomic mass is 9.65. The molecule has 3 aliphatic rings. The van der Waals surface area contributed by atoms with Crippen LogP contribution in [-0.4, -0.2) is 12.1 Å². The lowest BCUT2D eigenvalue weighted by Gasteiger charge is -2.46. The molecule has 1 heteroatoms. The zero-order valence-electron chi connectivity index (χ0n) is 11.5. The van der Waals surface area contributed by atoms with Crippen molar-refractivity contribution in [3.63, 3.8) is 0 Å². The first-order chi connectivity index (χ1) is 8.23. The lowest BCUT2D eigenvalue weighted by molar-refractivity contribution is 0.0961. The number of rotatable bonds is 3. The van der Waals surface area contributed by atoms with Crippen LogP contribution in [0, 0.1) is 17.8 Å². The Kier molecular flexibility index (Phi) is 3.47. The molecule has 0 heterocycles. The molecule has 0 aromatic carbocycles. The van der Waals surface area contributed by atoms with Gasteiger partial charge in [0.15, 0.2) is 0 Å². The van der Waals surface area contributed by atoms with Crippen molar-refractivity contribution in [2.45, 2.75) is 76.7 Å². The Morgan fingerprint density at radius 2 is 1.59 bits per heavy atom. The summed E-state index contributed by atoms with van der Waals surface area (Å²) in [5.74, 6) is 3.08. The van der Waals surface area contributed by atoms with Crippen molar-refractivity contribution < 1.29 is 0 Å². The van der Waals surface area contributed by atoms with Gasteiger partial charge in [0.1, 0.15) is 0 Å². The number of fused-ring (bicyclic) bond motifs is 2. The average molecular weight is 235 g/mol. The zero-order chi connectivity index (χ0) is 11.7. The first-order valence-corrected chi connectivity index (χ1v) is 7.98. The van der Waals surface area contributed by atoms with Gasteiger partial charge in [0, 0.05) is 5.54 Å². The lowest BCUT2D eigenvalue weighted by Crippen LogP contribution is -2.50. The van der Waals surface area contributed by atoms with E-state index in [4.69, 9.17) is 0 Å². The van der Waals surface area contributed by atoms with Gasteiger partial charge in [0.05, 0.1) is 0 Å². The molecule has 2 bridgehead atoms. The van der Waals surface area contributed by atoms with Crippen LogP contribution in [0.5, 0.6) is 0 Å². The van der Waals surface area contributed by atoms with E-state index in [-0.39, 0.29) is 0 Å². The summed E-state index contributed by atoms with van der Waals surface area (Å²) in [6.07, 6.45) is 14.9. The highest BCUT2D eigenvalue weighted by Crippen LogP contribution is 2.44. The SMILES string of the molecule is CC1(NCC2CCCC2)CC2CCCC(C2)C1. The molecule has 2 atom stereocenters. The predicted octanol–water partition coefficient (Wildman–Crippen LogP) is 4.13. The van der Waals surface area contributed by atoms with Gasteiger partial charge in [-0.2, -0.15) is 0 Å². The molecule has 0 aromatic rings. The van der Waals surface area contributed by atoms with Gasteiger partial charge in [-0.25, -0.2) is 0 Å². The van der Waals surface area contributed by atoms with Gasteiger partial charge in [-0.3, -0.25) is 0 Å². The van der Waals surface area contributed by atoms with Crippen molar-refractivity contribution in [2.24, 2.45) is 17.8 Å². The molecule has 3 rings (SSSR count). The van der Waals surface area contributed by atoms with Crippen molar-refractivity contribution >= 4 is 0 Å². The van der Waals surface area contributed by atoms with E-state index in [9.17, 15) is 0 Å². The fourth-order valence-electron chi connectivity index (χ4n) is 4.88. The van der Waals surface area contributed by atoms with Crippen LogP contribution in [0.1, 0.15) is 71.1 Å². The van der Waals surface area contributed by atoms with Gasteiger partial charge in [-0.15, -0.1) is 0 Å². The largest absolute Gasteiger partial charge is 0.311 e. The maximum absolute atomic E-state index is 3.97. The van der Waals surface area contributed by atoms with Crippen molar-refractivity contribution in [2.75, 3.05) is 6.54 Å². The first-order valence-electron chi connectivity index (χ1n) is 7.98. The van der Waals surface area contributed by atoms with Crippen LogP contribution < -0.4 is 5.32 Å². The normalized spacial score (nSPS) is 42.9. The van der Waals surface area contributed by atoms with E-state index >= 15 is 0 Å². The average Bonchev–Trinajstić information content (AvgIpc) is 2.78. The monoisotopic (exact) mass is 235 g/mol. The third-order valence-corrected chi connectivity index (χ3v) is 5.66. The minimum Gasteiger partial charge on any atom is -0.311 e. The quantitative estimate of drug-likeness (QED) is 0.775. The van der Waals surface area contributed by atoms with E-state index in [0.717, 1.165) is 17.8 Å². The van der Waals surface area contributed by atoms with Crippen LogP contribution >= 0.6 is 0 Å². The number of hydrogen-bond donors (Lipinski definition) is 1. The Bertz CT molecular complexity index is 242. The van der Waals surface area contributed by atoms with Crippen molar-refractivity contribution in [1.82, 2.24) is 5.32 Å². The second-order valence-corrected chi connectivity index (χ2v) is 7.40. The summed E-state index contributed by atoms with van der Waals surface area (Å²) in [4.78, 5) is 0. The summed E-state index contributed by atoms with van der Waals surface area (Å²) in [5.41, 5.74) is 0.483. The van der Waals surface area contributed by atoms with Crippen LogP contribution in [0.4, 0.5) is 0 Å². The summed E-state index contributed by atoms with van der Waals surface area (Å²) < 4.78 is 0. The second kappa shape index (κ2) is 4.91. The molecule has 2 unspecified atom stereocenters. The van der Waals surface area contributed by atoms with Crippen LogP contribution in [0.2, 0.25) is 0 Å². The molecule has 0 aliphatic heterocycles. The van der Waals surface area contributed by atoms with Gasteiger partial charge in [-0.1, -0.05) is 32.1 Å². The molecule has 1 N–H and O–H groups in total. The van der Waals surface area contributed by atoms with Gasteiger partial charge in [0.2, 0.25) is 0 Å². The number of hydrogen-bond acceptors (Lipinski definition) is 1. The van der Waals surface area contributed by atoms with E-state index in [2.05, 4.69) is 12.2 Å². The molecule has 0 aromatic heterocycles. The molecular formula is C16H29N. The highest BCUT2D eigenvalue weighted by Gasteiger charge is 2.38. The van der Waals surface area contributed by atoms with E-state index in [1.807, 2.05) is 0 Å². The first kappa shape index (κ1) is 12.0. The zero-order valence-corrected chi connectivity index (χ0v) is 11.5. The third kappa shape index (κ3) is 2.86. The molecule has 0 saturated heterocycles. The molecule has 0 spiro atoms. The fraction of sp³-hybridized carbons (Fsp3) is 1.00. The van der Waals surface area contributed by atoms with Crippen molar-refractivity contribution in [1.29, 1.82) is 0 Å². The molecule has 98 valence electrons. The van der Waals surface area contributed by atoms with Crippen molar-refractivity contribution in [3.8, 4) is 0 Å². The molecular weight excluding hydrogens is 206 g/mol. The molecule has 3 fully saturated rings. The van der Waals surface area contributed by atoms with Gasteiger partial charge in [-0.05, 0) is 63.3 Å². The van der Waals surface area contributed by atoms with E-state index < -0.39 is 0 Å². The molecule has 17 heavy (non-hydrogen) atoms. The molecule has 1 nitrogen and oxygen atoms in total. The Balaban J connectivity index is 1.53. The standard InChI is InChI=1S/C16H29N/c1-16(17-12-13-5-2-3-6-13)10-14-7-4-8-15(9-14)11-16/h13-15,17H,2-12H2,1H3. The van der Waals surface area contributed by atoms with Gasteiger partial charge in [0.25, 0.3) is 0 Å². The summed E-state index contributed by atoms with van der Waals surface area (Å²) in [6.45, 7) is 3.81. The summed E-state index contributed by atoms with van der Waals surface area (Å²) >= 11 is 0. The Labute approximate surface area is 107 Å². The molecule has 3 aliphatic carbocycles. The number of nitrogens with one attached hydrogen (secondary N) is 1. The maximum atomic E-state index is 3.97. The predicted molar refractivity (Wildman–Crippen MR) is 73.0 cm³/mol. The van der Waals surface area contributed by atoms with Crippen LogP contribution in [0.25, 0.3) is 0 Å². The summed E-state index contributed by atoms with van der Waals surface area (Å²) in [5, 5.41) is 3.97. The van der Waals surface area contributed by atoms with Gasteiger partial charge >= 0.3 is 0 Å². The Hall–Kier alpha value is -0.0400. The van der Waals surface area contributed by atoms with E-state index in [1.54, 1.807) is 6.42 Å². The van der Waals surface area contributed by atoms with Crippen LogP contribution in [-0.2, 0) is 0 Å². The molecule has 0 amide bonds. The highest BCUT2D eigenvalue weighted by molar-refractivity contribution is 4.95. The summed E-state index contributed by atoms with van der Waals surface area (Å²) in [6, 6.07) is 0. The third-order valence-electron chi connectivity index (χ3n) is 5.66. The Morgan fingerprint density at radius 3 is 2.24 bits per heavy atom. The second-order valence-electron chi connectivity index (χ2n) is 7.40. The maximum Gasteiger partial charge on any atom is 0.0158 e. The smallest absolute Gasteiger partial charge is 0.0158 e. The minimum atomic E-state index is 0.483. The topological polar surface area (TPSA) is 12.0 Å².